The second-order valence-electron chi connectivity index (χ2n) is 6.30. The number of rotatable bonds is 3. The van der Waals surface area contributed by atoms with E-state index in [0.717, 1.165) is 45.6 Å². The van der Waals surface area contributed by atoms with E-state index in [1.807, 2.05) is 9.80 Å². The van der Waals surface area contributed by atoms with Gasteiger partial charge in [0.25, 0.3) is 0 Å². The van der Waals surface area contributed by atoms with Crippen LogP contribution in [0, 0.1) is 0 Å². The van der Waals surface area contributed by atoms with Gasteiger partial charge in [0, 0.05) is 32.7 Å². The molecule has 2 amide bonds. The van der Waals surface area contributed by atoms with Gasteiger partial charge in [0.15, 0.2) is 0 Å². The number of carbonyl (C=O) groups excluding carboxylic acids is 1. The molecule has 1 unspecified atom stereocenters. The molecule has 1 aromatic rings. The van der Waals surface area contributed by atoms with Gasteiger partial charge in [0.1, 0.15) is 6.10 Å². The fourth-order valence-electron chi connectivity index (χ4n) is 3.06. The molecular formula is C16H25N5O3. The van der Waals surface area contributed by atoms with E-state index < -0.39 is 0 Å². The molecule has 2 fully saturated rings. The van der Waals surface area contributed by atoms with Crippen molar-refractivity contribution < 1.29 is 14.3 Å². The molecule has 2 saturated heterocycles. The fourth-order valence-corrected chi connectivity index (χ4v) is 3.06. The maximum atomic E-state index is 12.7. The molecule has 0 bridgehead atoms. The van der Waals surface area contributed by atoms with E-state index in [2.05, 4.69) is 21.9 Å². The summed E-state index contributed by atoms with van der Waals surface area (Å²) >= 11 is 0. The molecule has 0 aliphatic carbocycles. The topological polar surface area (TPSA) is 71.0 Å². The number of likely N-dealkylation sites (tertiary alicyclic amines) is 1. The first-order valence-corrected chi connectivity index (χ1v) is 8.41. The predicted octanol–water partition coefficient (Wildman–Crippen LogP) is 0.696. The molecule has 0 aromatic carbocycles. The van der Waals surface area contributed by atoms with Crippen molar-refractivity contribution in [3.8, 4) is 11.8 Å². The number of nitrogens with zero attached hydrogens (tertiary/aromatic N) is 5. The zero-order valence-electron chi connectivity index (χ0n) is 14.3. The summed E-state index contributed by atoms with van der Waals surface area (Å²) in [6.07, 6.45) is 4.89. The summed E-state index contributed by atoms with van der Waals surface area (Å²) in [6, 6.07) is 0.119. The smallest absolute Gasteiger partial charge is 0.320 e. The van der Waals surface area contributed by atoms with Gasteiger partial charge < -0.3 is 24.2 Å². The van der Waals surface area contributed by atoms with Gasteiger partial charge in [0.05, 0.1) is 26.0 Å². The number of carbonyl (C=O) groups is 1. The van der Waals surface area contributed by atoms with Crippen molar-refractivity contribution in [2.45, 2.75) is 18.9 Å². The molecule has 3 heterocycles. The average molecular weight is 335 g/mol. The SMILES string of the molecule is COc1cncc(OC2CCCN(C(=O)N3CCN(C)CC3)C2)n1. The van der Waals surface area contributed by atoms with Crippen LogP contribution in [0.1, 0.15) is 12.8 Å². The minimum Gasteiger partial charge on any atom is -0.480 e. The van der Waals surface area contributed by atoms with Gasteiger partial charge in [-0.2, -0.15) is 4.98 Å². The Morgan fingerprint density at radius 1 is 1.12 bits per heavy atom. The number of amides is 2. The van der Waals surface area contributed by atoms with Gasteiger partial charge in [0.2, 0.25) is 11.8 Å². The van der Waals surface area contributed by atoms with E-state index in [-0.39, 0.29) is 12.1 Å². The molecule has 24 heavy (non-hydrogen) atoms. The Kier molecular flexibility index (Phi) is 5.34. The zero-order chi connectivity index (χ0) is 16.9. The standard InChI is InChI=1S/C16H25N5O3/c1-19-6-8-20(9-7-19)16(22)21-5-3-4-13(12-21)24-15-11-17-10-14(18-15)23-2/h10-11,13H,3-9,12H2,1-2H3. The molecule has 0 N–H and O–H groups in total. The molecule has 1 atom stereocenters. The number of methoxy groups -OCH3 is 1. The van der Waals surface area contributed by atoms with E-state index >= 15 is 0 Å². The van der Waals surface area contributed by atoms with Crippen LogP contribution in [0.5, 0.6) is 11.8 Å². The molecule has 0 spiro atoms. The number of aromatic nitrogens is 2. The number of ether oxygens (including phenoxy) is 2. The Hall–Kier alpha value is -2.09. The molecule has 0 saturated carbocycles. The van der Waals surface area contributed by atoms with Crippen LogP contribution in [0.3, 0.4) is 0 Å². The summed E-state index contributed by atoms with van der Waals surface area (Å²) in [6.45, 7) is 4.81. The van der Waals surface area contributed by atoms with E-state index in [9.17, 15) is 4.79 Å². The molecule has 2 aliphatic rings. The van der Waals surface area contributed by atoms with Crippen LogP contribution in [0.2, 0.25) is 0 Å². The largest absolute Gasteiger partial charge is 0.480 e. The zero-order valence-corrected chi connectivity index (χ0v) is 14.3. The van der Waals surface area contributed by atoms with Crippen LogP contribution >= 0.6 is 0 Å². The highest BCUT2D eigenvalue weighted by Crippen LogP contribution is 2.19. The van der Waals surface area contributed by atoms with Gasteiger partial charge in [-0.15, -0.1) is 0 Å². The van der Waals surface area contributed by atoms with Gasteiger partial charge in [-0.1, -0.05) is 0 Å². The van der Waals surface area contributed by atoms with Crippen molar-refractivity contribution in [2.75, 3.05) is 53.4 Å². The van der Waals surface area contributed by atoms with Gasteiger partial charge in [-0.25, -0.2) is 4.79 Å². The minimum atomic E-state index is -0.0587. The maximum Gasteiger partial charge on any atom is 0.320 e. The highest BCUT2D eigenvalue weighted by atomic mass is 16.5. The first-order chi connectivity index (χ1) is 11.7. The van der Waals surface area contributed by atoms with Crippen molar-refractivity contribution >= 4 is 6.03 Å². The van der Waals surface area contributed by atoms with Crippen LogP contribution in [-0.4, -0.2) is 90.2 Å². The predicted molar refractivity (Wildman–Crippen MR) is 88.3 cm³/mol. The minimum absolute atomic E-state index is 0.0587. The first-order valence-electron chi connectivity index (χ1n) is 8.41. The second-order valence-corrected chi connectivity index (χ2v) is 6.30. The van der Waals surface area contributed by atoms with E-state index in [0.29, 0.717) is 18.3 Å². The molecule has 132 valence electrons. The normalized spacial score (nSPS) is 22.3. The average Bonchev–Trinajstić information content (AvgIpc) is 2.62. The molecule has 8 nitrogen and oxygen atoms in total. The lowest BCUT2D eigenvalue weighted by atomic mass is 10.1. The number of likely N-dealkylation sites (N-methyl/N-ethyl adjacent to an activating group) is 1. The highest BCUT2D eigenvalue weighted by molar-refractivity contribution is 5.74. The van der Waals surface area contributed by atoms with Crippen LogP contribution < -0.4 is 9.47 Å². The van der Waals surface area contributed by atoms with Crippen LogP contribution in [0.25, 0.3) is 0 Å². The number of piperazine rings is 1. The lowest BCUT2D eigenvalue weighted by Gasteiger charge is -2.39. The van der Waals surface area contributed by atoms with Crippen molar-refractivity contribution in [1.82, 2.24) is 24.7 Å². The van der Waals surface area contributed by atoms with Crippen molar-refractivity contribution in [2.24, 2.45) is 0 Å². The van der Waals surface area contributed by atoms with Crippen molar-refractivity contribution in [3.63, 3.8) is 0 Å². The van der Waals surface area contributed by atoms with Gasteiger partial charge in [-0.05, 0) is 19.9 Å². The number of urea groups is 1. The summed E-state index contributed by atoms with van der Waals surface area (Å²) < 4.78 is 11.0. The van der Waals surface area contributed by atoms with Crippen LogP contribution in [-0.2, 0) is 0 Å². The van der Waals surface area contributed by atoms with Crippen LogP contribution in [0.4, 0.5) is 4.79 Å². The Morgan fingerprint density at radius 3 is 2.62 bits per heavy atom. The molecule has 1 aromatic heterocycles. The van der Waals surface area contributed by atoms with E-state index in [4.69, 9.17) is 9.47 Å². The third-order valence-corrected chi connectivity index (χ3v) is 4.51. The quantitative estimate of drug-likeness (QED) is 0.810. The number of hydrogen-bond donors (Lipinski definition) is 0. The Labute approximate surface area is 142 Å². The monoisotopic (exact) mass is 335 g/mol. The number of piperidine rings is 1. The van der Waals surface area contributed by atoms with Gasteiger partial charge >= 0.3 is 6.03 Å². The number of hydrogen-bond acceptors (Lipinski definition) is 6. The Morgan fingerprint density at radius 2 is 1.88 bits per heavy atom. The van der Waals surface area contributed by atoms with Gasteiger partial charge in [-0.3, -0.25) is 4.98 Å². The third-order valence-electron chi connectivity index (χ3n) is 4.51. The highest BCUT2D eigenvalue weighted by Gasteiger charge is 2.29. The van der Waals surface area contributed by atoms with E-state index in [1.54, 1.807) is 13.3 Å². The summed E-state index contributed by atoms with van der Waals surface area (Å²) in [5.74, 6) is 0.863. The summed E-state index contributed by atoms with van der Waals surface area (Å²) in [7, 11) is 3.63. The first kappa shape index (κ1) is 16.8. The molecular weight excluding hydrogens is 310 g/mol. The van der Waals surface area contributed by atoms with Crippen molar-refractivity contribution in [1.29, 1.82) is 0 Å². The van der Waals surface area contributed by atoms with Crippen LogP contribution in [0.15, 0.2) is 12.4 Å². The third kappa shape index (κ3) is 4.05. The molecule has 8 heteroatoms. The Balaban J connectivity index is 1.56. The Bertz CT molecular complexity index is 562. The summed E-state index contributed by atoms with van der Waals surface area (Å²) in [4.78, 5) is 27.0. The lowest BCUT2D eigenvalue weighted by Crippen LogP contribution is -2.54. The molecule has 0 radical (unpaired) electrons. The molecule has 3 rings (SSSR count). The summed E-state index contributed by atoms with van der Waals surface area (Å²) in [5, 5.41) is 0. The maximum absolute atomic E-state index is 12.7. The lowest BCUT2D eigenvalue weighted by molar-refractivity contribution is 0.0726. The van der Waals surface area contributed by atoms with Crippen molar-refractivity contribution in [3.05, 3.63) is 12.4 Å². The fraction of sp³-hybridized carbons (Fsp3) is 0.688. The summed E-state index contributed by atoms with van der Waals surface area (Å²) in [5.41, 5.74) is 0. The molecule has 2 aliphatic heterocycles. The second kappa shape index (κ2) is 7.65. The van der Waals surface area contributed by atoms with E-state index in [1.165, 1.54) is 6.20 Å².